The lowest BCUT2D eigenvalue weighted by atomic mass is 9.92. The van der Waals surface area contributed by atoms with Crippen molar-refractivity contribution in [2.24, 2.45) is 0 Å². The molecule has 0 saturated heterocycles. The molecule has 2 aromatic carbocycles. The number of hydrogen-bond donors (Lipinski definition) is 1. The third-order valence-electron chi connectivity index (χ3n) is 6.33. The second-order valence-corrected chi connectivity index (χ2v) is 10.3. The van der Waals surface area contributed by atoms with Crippen molar-refractivity contribution in [1.82, 2.24) is 9.55 Å². The quantitative estimate of drug-likeness (QED) is 0.342. The zero-order chi connectivity index (χ0) is 24.6. The largest absolute Gasteiger partial charge is 0.324 e. The molecule has 2 heterocycles. The molecule has 0 aliphatic rings. The third kappa shape index (κ3) is 4.55. The van der Waals surface area contributed by atoms with E-state index in [1.807, 2.05) is 29.6 Å². The number of benzene rings is 2. The van der Waals surface area contributed by atoms with Crippen LogP contribution in [0.4, 0.5) is 5.69 Å². The molecule has 6 heteroatoms. The molecule has 0 aliphatic carbocycles. The molecule has 0 saturated carbocycles. The number of para-hydroxylation sites is 1. The molecule has 0 unspecified atom stereocenters. The summed E-state index contributed by atoms with van der Waals surface area (Å²) in [5.74, 6) is 0.295. The van der Waals surface area contributed by atoms with Gasteiger partial charge in [-0.2, -0.15) is 0 Å². The molecule has 0 aliphatic heterocycles. The fraction of sp³-hybridized carbons (Fsp3) is 0.321. The topological polar surface area (TPSA) is 64.0 Å². The second kappa shape index (κ2) is 9.55. The monoisotopic (exact) mass is 473 g/mol. The summed E-state index contributed by atoms with van der Waals surface area (Å²) in [6.45, 7) is 12.5. The summed E-state index contributed by atoms with van der Waals surface area (Å²) in [7, 11) is 0. The van der Waals surface area contributed by atoms with E-state index in [2.05, 4.69) is 64.0 Å². The Morgan fingerprint density at radius 1 is 1.03 bits per heavy atom. The van der Waals surface area contributed by atoms with Crippen LogP contribution in [0.5, 0.6) is 0 Å². The minimum absolute atomic E-state index is 0.0893. The molecule has 176 valence electrons. The lowest BCUT2D eigenvalue weighted by Crippen LogP contribution is -2.28. The van der Waals surface area contributed by atoms with Crippen LogP contribution in [0.15, 0.2) is 52.9 Å². The van der Waals surface area contributed by atoms with Gasteiger partial charge in [-0.05, 0) is 53.5 Å². The number of nitrogens with one attached hydrogen (secondary N) is 1. The Bertz CT molecular complexity index is 1400. The Kier molecular flexibility index (Phi) is 6.71. The van der Waals surface area contributed by atoms with E-state index in [0.717, 1.165) is 27.9 Å². The first kappa shape index (κ1) is 23.9. The standard InChI is InChI=1S/C28H31N3O2S/c1-16(2)21-8-7-9-22(17(3)4)26(21)30-24(32)13-31-15-29-27-25(28(31)33)23(14-34-27)20-11-10-18(5)19(6)12-20/h7-12,14-17H,13H2,1-6H3,(H,30,32). The SMILES string of the molecule is Cc1ccc(-c2csc3ncn(CC(=O)Nc4c(C(C)C)cccc4C(C)C)c(=O)c23)cc1C. The van der Waals surface area contributed by atoms with E-state index in [0.29, 0.717) is 10.2 Å². The van der Waals surface area contributed by atoms with E-state index >= 15 is 0 Å². The number of hydrogen-bond acceptors (Lipinski definition) is 4. The van der Waals surface area contributed by atoms with Gasteiger partial charge in [-0.15, -0.1) is 11.3 Å². The number of aromatic nitrogens is 2. The molecule has 0 fully saturated rings. The Morgan fingerprint density at radius 2 is 1.71 bits per heavy atom. The van der Waals surface area contributed by atoms with Gasteiger partial charge < -0.3 is 5.32 Å². The summed E-state index contributed by atoms with van der Waals surface area (Å²) in [6.07, 6.45) is 1.47. The van der Waals surface area contributed by atoms with Crippen LogP contribution in [0.1, 0.15) is 61.8 Å². The molecule has 0 radical (unpaired) electrons. The van der Waals surface area contributed by atoms with Crippen molar-refractivity contribution in [3.63, 3.8) is 0 Å². The van der Waals surface area contributed by atoms with Crippen LogP contribution in [-0.2, 0) is 11.3 Å². The summed E-state index contributed by atoms with van der Waals surface area (Å²) < 4.78 is 1.40. The minimum atomic E-state index is -0.235. The zero-order valence-electron chi connectivity index (χ0n) is 20.6. The van der Waals surface area contributed by atoms with Gasteiger partial charge in [0.25, 0.3) is 5.56 Å². The number of rotatable bonds is 6. The molecule has 4 rings (SSSR count). The highest BCUT2D eigenvalue weighted by molar-refractivity contribution is 7.17. The predicted octanol–water partition coefficient (Wildman–Crippen LogP) is 6.63. The summed E-state index contributed by atoms with van der Waals surface area (Å²) in [4.78, 5) is 31.7. The van der Waals surface area contributed by atoms with Gasteiger partial charge in [0.15, 0.2) is 0 Å². The van der Waals surface area contributed by atoms with Gasteiger partial charge in [0.05, 0.1) is 11.7 Å². The van der Waals surface area contributed by atoms with Gasteiger partial charge in [0.1, 0.15) is 11.4 Å². The number of aryl methyl sites for hydroxylation is 2. The fourth-order valence-electron chi connectivity index (χ4n) is 4.23. The van der Waals surface area contributed by atoms with Crippen molar-refractivity contribution < 1.29 is 4.79 Å². The molecule has 5 nitrogen and oxygen atoms in total. The second-order valence-electron chi connectivity index (χ2n) is 9.48. The van der Waals surface area contributed by atoms with Gasteiger partial charge in [-0.3, -0.25) is 14.2 Å². The maximum Gasteiger partial charge on any atom is 0.263 e. The van der Waals surface area contributed by atoms with Gasteiger partial charge in [0, 0.05) is 16.6 Å². The van der Waals surface area contributed by atoms with E-state index in [4.69, 9.17) is 0 Å². The molecule has 1 amide bonds. The number of amides is 1. The van der Waals surface area contributed by atoms with Crippen LogP contribution in [0, 0.1) is 13.8 Å². The van der Waals surface area contributed by atoms with E-state index in [1.54, 1.807) is 0 Å². The lowest BCUT2D eigenvalue weighted by molar-refractivity contribution is -0.116. The van der Waals surface area contributed by atoms with E-state index in [9.17, 15) is 9.59 Å². The zero-order valence-corrected chi connectivity index (χ0v) is 21.4. The smallest absolute Gasteiger partial charge is 0.263 e. The highest BCUT2D eigenvalue weighted by Gasteiger charge is 2.18. The highest BCUT2D eigenvalue weighted by Crippen LogP contribution is 2.33. The Labute approximate surface area is 204 Å². The number of nitrogens with zero attached hydrogens (tertiary/aromatic N) is 2. The maximum atomic E-state index is 13.4. The number of thiophene rings is 1. The Morgan fingerprint density at radius 3 is 2.32 bits per heavy atom. The van der Waals surface area contributed by atoms with E-state index in [1.165, 1.54) is 33.4 Å². The first-order chi connectivity index (χ1) is 16.2. The molecular formula is C28H31N3O2S. The first-order valence-corrected chi connectivity index (χ1v) is 12.5. The normalized spacial score (nSPS) is 11.5. The average molecular weight is 474 g/mol. The van der Waals surface area contributed by atoms with E-state index in [-0.39, 0.29) is 29.8 Å². The number of carbonyl (C=O) groups is 1. The average Bonchev–Trinajstić information content (AvgIpc) is 3.22. The van der Waals surface area contributed by atoms with Crippen LogP contribution in [0.2, 0.25) is 0 Å². The molecule has 0 atom stereocenters. The summed E-state index contributed by atoms with van der Waals surface area (Å²) in [5, 5.41) is 5.63. The molecular weight excluding hydrogens is 442 g/mol. The molecule has 0 spiro atoms. The van der Waals surface area contributed by atoms with E-state index < -0.39 is 0 Å². The van der Waals surface area contributed by atoms with Crippen LogP contribution in [0.3, 0.4) is 0 Å². The maximum absolute atomic E-state index is 13.4. The number of fused-ring (bicyclic) bond motifs is 1. The van der Waals surface area contributed by atoms with Crippen LogP contribution in [-0.4, -0.2) is 15.5 Å². The van der Waals surface area contributed by atoms with Gasteiger partial charge in [-0.1, -0.05) is 64.1 Å². The number of carbonyl (C=O) groups excluding carboxylic acids is 1. The summed E-state index contributed by atoms with van der Waals surface area (Å²) in [6, 6.07) is 12.3. The molecule has 1 N–H and O–H groups in total. The van der Waals surface area contributed by atoms with Crippen molar-refractivity contribution in [1.29, 1.82) is 0 Å². The predicted molar refractivity (Wildman–Crippen MR) is 142 cm³/mol. The van der Waals surface area contributed by atoms with Crippen molar-refractivity contribution in [2.45, 2.75) is 59.9 Å². The van der Waals surface area contributed by atoms with Crippen LogP contribution < -0.4 is 10.9 Å². The molecule has 2 aromatic heterocycles. The van der Waals surface area contributed by atoms with Gasteiger partial charge in [0.2, 0.25) is 5.91 Å². The Hall–Kier alpha value is -3.25. The third-order valence-corrected chi connectivity index (χ3v) is 7.22. The molecule has 34 heavy (non-hydrogen) atoms. The van der Waals surface area contributed by atoms with Crippen LogP contribution in [0.25, 0.3) is 21.3 Å². The first-order valence-electron chi connectivity index (χ1n) is 11.6. The summed E-state index contributed by atoms with van der Waals surface area (Å²) >= 11 is 1.45. The molecule has 0 bridgehead atoms. The minimum Gasteiger partial charge on any atom is -0.324 e. The molecule has 4 aromatic rings. The Balaban J connectivity index is 1.69. The summed E-state index contributed by atoms with van der Waals surface area (Å²) in [5.41, 5.74) is 7.07. The van der Waals surface area contributed by atoms with Crippen molar-refractivity contribution >= 4 is 33.1 Å². The highest BCUT2D eigenvalue weighted by atomic mass is 32.1. The van der Waals surface area contributed by atoms with Crippen LogP contribution >= 0.6 is 11.3 Å². The fourth-order valence-corrected chi connectivity index (χ4v) is 5.14. The van der Waals surface area contributed by atoms with Crippen molar-refractivity contribution in [3.8, 4) is 11.1 Å². The van der Waals surface area contributed by atoms with Gasteiger partial charge in [-0.25, -0.2) is 4.98 Å². The van der Waals surface area contributed by atoms with Crippen molar-refractivity contribution in [3.05, 3.63) is 80.7 Å². The van der Waals surface area contributed by atoms with Gasteiger partial charge >= 0.3 is 0 Å². The number of anilines is 1. The lowest BCUT2D eigenvalue weighted by Gasteiger charge is -2.20. The van der Waals surface area contributed by atoms with Crippen molar-refractivity contribution in [2.75, 3.05) is 5.32 Å².